The van der Waals surface area contributed by atoms with Crippen molar-refractivity contribution in [2.45, 2.75) is 31.1 Å². The van der Waals surface area contributed by atoms with Crippen LogP contribution in [-0.4, -0.2) is 31.4 Å². The minimum Gasteiger partial charge on any atom is -0.494 e. The summed E-state index contributed by atoms with van der Waals surface area (Å²) in [5, 5.41) is 4.02. The van der Waals surface area contributed by atoms with E-state index in [1.807, 2.05) is 38.1 Å². The van der Waals surface area contributed by atoms with Crippen LogP contribution in [0.3, 0.4) is 0 Å². The van der Waals surface area contributed by atoms with Gasteiger partial charge in [0.1, 0.15) is 5.75 Å². The van der Waals surface area contributed by atoms with Gasteiger partial charge in [-0.05, 0) is 55.3 Å². The van der Waals surface area contributed by atoms with E-state index < -0.39 is 9.84 Å². The van der Waals surface area contributed by atoms with Crippen LogP contribution in [0, 0.1) is 0 Å². The Kier molecular flexibility index (Phi) is 5.60. The molecule has 6 nitrogen and oxygen atoms in total. The molecule has 1 heterocycles. The summed E-state index contributed by atoms with van der Waals surface area (Å²) in [6.07, 6.45) is 1.94. The van der Waals surface area contributed by atoms with Crippen LogP contribution < -0.4 is 4.74 Å². The normalized spacial score (nSPS) is 12.7. The molecule has 1 unspecified atom stereocenters. The molecule has 0 saturated carbocycles. The van der Waals surface area contributed by atoms with Gasteiger partial charge in [-0.15, -0.1) is 0 Å². The van der Waals surface area contributed by atoms with Crippen molar-refractivity contribution in [2.24, 2.45) is 0 Å². The van der Waals surface area contributed by atoms with Crippen molar-refractivity contribution in [3.05, 3.63) is 60.0 Å². The predicted octanol–water partition coefficient (Wildman–Crippen LogP) is 3.89. The van der Waals surface area contributed by atoms with Gasteiger partial charge < -0.3 is 9.26 Å². The van der Waals surface area contributed by atoms with E-state index in [9.17, 15) is 8.42 Å². The second-order valence-electron chi connectivity index (χ2n) is 6.43. The number of ether oxygens (including phenoxy) is 1. The highest BCUT2D eigenvalue weighted by atomic mass is 32.2. The topological polar surface area (TPSA) is 82.3 Å². The lowest BCUT2D eigenvalue weighted by molar-refractivity contribution is 0.340. The standard InChI is InChI=1S/C20H22N2O4S/c1-4-25-17-9-5-15(6-10-17)13-14(2)20-21-19(22-26-20)16-7-11-18(12-8-16)27(3,23)24/h5-12,14H,4,13H2,1-3H3. The molecule has 3 aromatic rings. The third-order valence-corrected chi connectivity index (χ3v) is 5.31. The Bertz CT molecular complexity index is 993. The maximum atomic E-state index is 11.5. The van der Waals surface area contributed by atoms with E-state index in [1.165, 1.54) is 6.26 Å². The Morgan fingerprint density at radius 3 is 2.33 bits per heavy atom. The molecule has 27 heavy (non-hydrogen) atoms. The summed E-state index contributed by atoms with van der Waals surface area (Å²) in [5.41, 5.74) is 1.87. The van der Waals surface area contributed by atoms with Crippen LogP contribution in [0.2, 0.25) is 0 Å². The molecule has 2 aromatic carbocycles. The highest BCUT2D eigenvalue weighted by Gasteiger charge is 2.16. The van der Waals surface area contributed by atoms with Gasteiger partial charge in [-0.3, -0.25) is 0 Å². The van der Waals surface area contributed by atoms with Gasteiger partial charge in [-0.2, -0.15) is 4.98 Å². The van der Waals surface area contributed by atoms with E-state index in [4.69, 9.17) is 9.26 Å². The number of aromatic nitrogens is 2. The first-order valence-electron chi connectivity index (χ1n) is 8.72. The molecule has 0 aliphatic rings. The quantitative estimate of drug-likeness (QED) is 0.613. The predicted molar refractivity (Wildman–Crippen MR) is 103 cm³/mol. The van der Waals surface area contributed by atoms with E-state index in [1.54, 1.807) is 24.3 Å². The zero-order chi connectivity index (χ0) is 19.4. The molecule has 7 heteroatoms. The molecular weight excluding hydrogens is 364 g/mol. The van der Waals surface area contributed by atoms with E-state index >= 15 is 0 Å². The maximum absolute atomic E-state index is 11.5. The van der Waals surface area contributed by atoms with Crippen LogP contribution in [0.4, 0.5) is 0 Å². The summed E-state index contributed by atoms with van der Waals surface area (Å²) in [5.74, 6) is 1.90. The van der Waals surface area contributed by atoms with Crippen LogP contribution in [0.1, 0.15) is 31.2 Å². The molecule has 0 fully saturated rings. The Hall–Kier alpha value is -2.67. The Morgan fingerprint density at radius 1 is 1.07 bits per heavy atom. The van der Waals surface area contributed by atoms with Crippen LogP contribution in [0.25, 0.3) is 11.4 Å². The van der Waals surface area contributed by atoms with Crippen molar-refractivity contribution < 1.29 is 17.7 Å². The summed E-state index contributed by atoms with van der Waals surface area (Å²) < 4.78 is 34.0. The van der Waals surface area contributed by atoms with Gasteiger partial charge in [-0.25, -0.2) is 8.42 Å². The number of hydrogen-bond donors (Lipinski definition) is 0. The average Bonchev–Trinajstić information content (AvgIpc) is 3.13. The molecule has 0 saturated heterocycles. The van der Waals surface area contributed by atoms with Crippen molar-refractivity contribution in [3.63, 3.8) is 0 Å². The first-order valence-corrected chi connectivity index (χ1v) is 10.6. The summed E-state index contributed by atoms with van der Waals surface area (Å²) in [6, 6.07) is 14.4. The molecule has 0 N–H and O–H groups in total. The lowest BCUT2D eigenvalue weighted by atomic mass is 10.0. The average molecular weight is 386 g/mol. The lowest BCUT2D eigenvalue weighted by Crippen LogP contribution is -1.99. The molecule has 1 aromatic heterocycles. The molecule has 0 amide bonds. The molecule has 0 bridgehead atoms. The van der Waals surface area contributed by atoms with E-state index in [-0.39, 0.29) is 10.8 Å². The van der Waals surface area contributed by atoms with Crippen molar-refractivity contribution in [2.75, 3.05) is 12.9 Å². The lowest BCUT2D eigenvalue weighted by Gasteiger charge is -2.08. The molecule has 0 aliphatic heterocycles. The van der Waals surface area contributed by atoms with Gasteiger partial charge >= 0.3 is 0 Å². The number of sulfone groups is 1. The van der Waals surface area contributed by atoms with Crippen LogP contribution in [0.5, 0.6) is 5.75 Å². The molecule has 1 atom stereocenters. The van der Waals surface area contributed by atoms with Crippen LogP contribution in [-0.2, 0) is 16.3 Å². The summed E-state index contributed by atoms with van der Waals surface area (Å²) >= 11 is 0. The largest absolute Gasteiger partial charge is 0.494 e. The molecule has 142 valence electrons. The second-order valence-corrected chi connectivity index (χ2v) is 8.45. The fraction of sp³-hybridized carbons (Fsp3) is 0.300. The number of hydrogen-bond acceptors (Lipinski definition) is 6. The second kappa shape index (κ2) is 7.92. The Balaban J connectivity index is 1.71. The third kappa shape index (κ3) is 4.74. The zero-order valence-corrected chi connectivity index (χ0v) is 16.4. The monoisotopic (exact) mass is 386 g/mol. The van der Waals surface area contributed by atoms with Gasteiger partial charge in [0.15, 0.2) is 9.84 Å². The van der Waals surface area contributed by atoms with Gasteiger partial charge in [0.2, 0.25) is 11.7 Å². The molecule has 0 aliphatic carbocycles. The number of rotatable bonds is 7. The van der Waals surface area contributed by atoms with Crippen molar-refractivity contribution in [1.29, 1.82) is 0 Å². The highest BCUT2D eigenvalue weighted by molar-refractivity contribution is 7.90. The minimum atomic E-state index is -3.22. The van der Waals surface area contributed by atoms with Crippen molar-refractivity contribution >= 4 is 9.84 Å². The van der Waals surface area contributed by atoms with Gasteiger partial charge in [0.05, 0.1) is 11.5 Å². The van der Waals surface area contributed by atoms with Gasteiger partial charge in [0, 0.05) is 17.7 Å². The van der Waals surface area contributed by atoms with E-state index in [0.717, 1.165) is 17.7 Å². The van der Waals surface area contributed by atoms with E-state index in [0.29, 0.717) is 23.9 Å². The zero-order valence-electron chi connectivity index (χ0n) is 15.5. The molecule has 0 radical (unpaired) electrons. The van der Waals surface area contributed by atoms with Crippen molar-refractivity contribution in [3.8, 4) is 17.1 Å². The number of benzene rings is 2. The molecule has 0 spiro atoms. The summed E-state index contributed by atoms with van der Waals surface area (Å²) in [7, 11) is -3.22. The maximum Gasteiger partial charge on any atom is 0.230 e. The highest BCUT2D eigenvalue weighted by Crippen LogP contribution is 2.24. The summed E-state index contributed by atoms with van der Waals surface area (Å²) in [6.45, 7) is 4.63. The van der Waals surface area contributed by atoms with E-state index in [2.05, 4.69) is 10.1 Å². The summed E-state index contributed by atoms with van der Waals surface area (Å²) in [4.78, 5) is 4.73. The first kappa shape index (κ1) is 19.1. The number of nitrogens with zero attached hydrogens (tertiary/aromatic N) is 2. The van der Waals surface area contributed by atoms with Gasteiger partial charge in [-0.1, -0.05) is 24.2 Å². The third-order valence-electron chi connectivity index (χ3n) is 4.18. The molecule has 3 rings (SSSR count). The SMILES string of the molecule is CCOc1ccc(CC(C)c2nc(-c3ccc(S(C)(=O)=O)cc3)no2)cc1. The van der Waals surface area contributed by atoms with Crippen LogP contribution >= 0.6 is 0 Å². The van der Waals surface area contributed by atoms with Crippen molar-refractivity contribution in [1.82, 2.24) is 10.1 Å². The first-order chi connectivity index (χ1) is 12.9. The fourth-order valence-corrected chi connectivity index (χ4v) is 3.36. The smallest absolute Gasteiger partial charge is 0.230 e. The Labute approximate surface area is 159 Å². The Morgan fingerprint density at radius 2 is 1.74 bits per heavy atom. The molecular formula is C20H22N2O4S. The van der Waals surface area contributed by atoms with Crippen LogP contribution in [0.15, 0.2) is 57.9 Å². The minimum absolute atomic E-state index is 0.0551. The fourth-order valence-electron chi connectivity index (χ4n) is 2.73. The van der Waals surface area contributed by atoms with Gasteiger partial charge in [0.25, 0.3) is 0 Å².